The molecule has 1 unspecified atom stereocenters. The summed E-state index contributed by atoms with van der Waals surface area (Å²) in [7, 11) is 0. The minimum Gasteiger partial charge on any atom is -0.507 e. The van der Waals surface area contributed by atoms with E-state index in [2.05, 4.69) is 15.5 Å². The predicted octanol–water partition coefficient (Wildman–Crippen LogP) is 3.40. The SMILES string of the molecule is CC(=O)NCC1CN(c2ccc3c(c2)CCCc2c(-c4ccccc4O)n[nH]c2-3)C(=O)O1. The summed E-state index contributed by atoms with van der Waals surface area (Å²) in [5.41, 5.74) is 6.51. The van der Waals surface area contributed by atoms with Gasteiger partial charge in [0.05, 0.1) is 24.5 Å². The molecular formula is C24H24N4O4. The van der Waals surface area contributed by atoms with Gasteiger partial charge in [0.25, 0.3) is 0 Å². The standard InChI is InChI=1S/C24H24N4O4/c1-14(29)25-12-17-13-28(24(31)32-17)16-9-10-18-15(11-16)5-4-7-20-22(18)26-27-23(20)19-6-2-3-8-21(19)30/h2-3,6,8-11,17,30H,4-5,7,12-13H2,1H3,(H,25,29)(H,26,27). The van der Waals surface area contributed by atoms with Gasteiger partial charge in [-0.15, -0.1) is 0 Å². The van der Waals surface area contributed by atoms with Crippen LogP contribution in [-0.4, -0.2) is 46.5 Å². The Kier molecular flexibility index (Phi) is 5.05. The van der Waals surface area contributed by atoms with Gasteiger partial charge in [-0.25, -0.2) is 4.79 Å². The van der Waals surface area contributed by atoms with E-state index < -0.39 is 6.09 Å². The summed E-state index contributed by atoms with van der Waals surface area (Å²) in [6.45, 7) is 2.13. The topological polar surface area (TPSA) is 108 Å². The van der Waals surface area contributed by atoms with E-state index in [0.717, 1.165) is 58.6 Å². The molecular weight excluding hydrogens is 408 g/mol. The van der Waals surface area contributed by atoms with Crippen LogP contribution in [0.1, 0.15) is 24.5 Å². The number of aryl methyl sites for hydroxylation is 1. The average molecular weight is 432 g/mol. The molecule has 0 radical (unpaired) electrons. The van der Waals surface area contributed by atoms with E-state index in [1.165, 1.54) is 6.92 Å². The van der Waals surface area contributed by atoms with Crippen LogP contribution in [0.5, 0.6) is 5.75 Å². The summed E-state index contributed by atoms with van der Waals surface area (Å²) in [5.74, 6) is 0.0612. The van der Waals surface area contributed by atoms with Crippen molar-refractivity contribution in [2.75, 3.05) is 18.0 Å². The second kappa shape index (κ2) is 8.03. The number of phenols is 1. The zero-order valence-corrected chi connectivity index (χ0v) is 17.7. The third-order valence-corrected chi connectivity index (χ3v) is 6.02. The van der Waals surface area contributed by atoms with Gasteiger partial charge in [0.1, 0.15) is 11.9 Å². The van der Waals surface area contributed by atoms with Gasteiger partial charge < -0.3 is 15.2 Å². The number of rotatable bonds is 4. The normalized spacial score (nSPS) is 17.3. The highest BCUT2D eigenvalue weighted by Gasteiger charge is 2.33. The van der Waals surface area contributed by atoms with Crippen LogP contribution in [0.2, 0.25) is 0 Å². The number of hydrogen-bond donors (Lipinski definition) is 3. The predicted molar refractivity (Wildman–Crippen MR) is 119 cm³/mol. The smallest absolute Gasteiger partial charge is 0.414 e. The van der Waals surface area contributed by atoms with E-state index in [1.807, 2.05) is 30.3 Å². The molecule has 1 fully saturated rings. The number of ether oxygens (including phenoxy) is 1. The summed E-state index contributed by atoms with van der Waals surface area (Å²) in [4.78, 5) is 25.2. The van der Waals surface area contributed by atoms with Crippen LogP contribution in [-0.2, 0) is 22.4 Å². The number of cyclic esters (lactones) is 1. The highest BCUT2D eigenvalue weighted by molar-refractivity contribution is 5.91. The van der Waals surface area contributed by atoms with Gasteiger partial charge in [-0.2, -0.15) is 5.10 Å². The average Bonchev–Trinajstić information content (AvgIpc) is 3.31. The van der Waals surface area contributed by atoms with Crippen LogP contribution in [0.3, 0.4) is 0 Å². The molecule has 164 valence electrons. The van der Waals surface area contributed by atoms with Gasteiger partial charge in [0.15, 0.2) is 0 Å². The summed E-state index contributed by atoms with van der Waals surface area (Å²) in [6, 6.07) is 13.2. The molecule has 5 rings (SSSR count). The van der Waals surface area contributed by atoms with Crippen molar-refractivity contribution in [3.63, 3.8) is 0 Å². The Morgan fingerprint density at radius 2 is 2.09 bits per heavy atom. The number of phenolic OH excluding ortho intramolecular Hbond substituents is 1. The quantitative estimate of drug-likeness (QED) is 0.586. The Hall–Kier alpha value is -3.81. The van der Waals surface area contributed by atoms with E-state index in [1.54, 1.807) is 17.0 Å². The summed E-state index contributed by atoms with van der Waals surface area (Å²) >= 11 is 0. The number of aromatic hydroxyl groups is 1. The number of amides is 2. The molecule has 2 aliphatic rings. The molecule has 1 atom stereocenters. The lowest BCUT2D eigenvalue weighted by atomic mass is 9.99. The molecule has 8 nitrogen and oxygen atoms in total. The maximum Gasteiger partial charge on any atom is 0.414 e. The largest absolute Gasteiger partial charge is 0.507 e. The van der Waals surface area contributed by atoms with Crippen LogP contribution < -0.4 is 10.2 Å². The molecule has 1 aromatic heterocycles. The highest BCUT2D eigenvalue weighted by Crippen LogP contribution is 2.40. The summed E-state index contributed by atoms with van der Waals surface area (Å²) < 4.78 is 5.40. The second-order valence-corrected chi connectivity index (χ2v) is 8.19. The van der Waals surface area contributed by atoms with Crippen molar-refractivity contribution in [3.8, 4) is 28.3 Å². The molecule has 0 bridgehead atoms. The first kappa shape index (κ1) is 20.1. The molecule has 2 heterocycles. The third kappa shape index (κ3) is 3.57. The van der Waals surface area contributed by atoms with E-state index in [0.29, 0.717) is 13.1 Å². The Balaban J connectivity index is 1.45. The number of aromatic amines is 1. The van der Waals surface area contributed by atoms with Crippen LogP contribution in [0.25, 0.3) is 22.5 Å². The molecule has 2 aromatic carbocycles. The van der Waals surface area contributed by atoms with Crippen molar-refractivity contribution >= 4 is 17.7 Å². The molecule has 32 heavy (non-hydrogen) atoms. The maximum absolute atomic E-state index is 12.4. The first-order chi connectivity index (χ1) is 15.5. The fourth-order valence-electron chi connectivity index (χ4n) is 4.48. The van der Waals surface area contributed by atoms with Gasteiger partial charge in [-0.1, -0.05) is 18.2 Å². The highest BCUT2D eigenvalue weighted by atomic mass is 16.6. The summed E-state index contributed by atoms with van der Waals surface area (Å²) in [6.07, 6.45) is 1.86. The fourth-order valence-corrected chi connectivity index (χ4v) is 4.48. The lowest BCUT2D eigenvalue weighted by Gasteiger charge is -2.16. The number of fused-ring (bicyclic) bond motifs is 3. The number of nitrogens with one attached hydrogen (secondary N) is 2. The fraction of sp³-hybridized carbons (Fsp3) is 0.292. The molecule has 1 aliphatic heterocycles. The van der Waals surface area contributed by atoms with Crippen LogP contribution in [0.4, 0.5) is 10.5 Å². The molecule has 3 aromatic rings. The number of carbonyl (C=O) groups is 2. The summed E-state index contributed by atoms with van der Waals surface area (Å²) in [5, 5.41) is 20.7. The van der Waals surface area contributed by atoms with Crippen molar-refractivity contribution < 1.29 is 19.4 Å². The molecule has 2 amide bonds. The second-order valence-electron chi connectivity index (χ2n) is 8.19. The van der Waals surface area contributed by atoms with Gasteiger partial charge in [0, 0.05) is 29.3 Å². The van der Waals surface area contributed by atoms with Crippen molar-refractivity contribution in [1.29, 1.82) is 0 Å². The minimum atomic E-state index is -0.405. The molecule has 0 saturated carbocycles. The Bertz CT molecular complexity index is 1200. The lowest BCUT2D eigenvalue weighted by molar-refractivity contribution is -0.119. The molecule has 1 saturated heterocycles. The number of aromatic nitrogens is 2. The van der Waals surface area contributed by atoms with E-state index in [-0.39, 0.29) is 17.8 Å². The van der Waals surface area contributed by atoms with Crippen molar-refractivity contribution in [2.24, 2.45) is 0 Å². The third-order valence-electron chi connectivity index (χ3n) is 6.02. The van der Waals surface area contributed by atoms with E-state index in [9.17, 15) is 14.7 Å². The van der Waals surface area contributed by atoms with E-state index in [4.69, 9.17) is 4.74 Å². The number of anilines is 1. The number of carbonyl (C=O) groups excluding carboxylic acids is 2. The van der Waals surface area contributed by atoms with Crippen molar-refractivity contribution in [3.05, 3.63) is 53.6 Å². The van der Waals surface area contributed by atoms with E-state index >= 15 is 0 Å². The zero-order valence-electron chi connectivity index (χ0n) is 17.7. The number of nitrogens with zero attached hydrogens (tertiary/aromatic N) is 2. The van der Waals surface area contributed by atoms with Gasteiger partial charge in [0.2, 0.25) is 5.91 Å². The molecule has 3 N–H and O–H groups in total. The number of para-hydroxylation sites is 1. The molecule has 8 heteroatoms. The Labute approximate surface area is 185 Å². The number of benzene rings is 2. The van der Waals surface area contributed by atoms with Gasteiger partial charge >= 0.3 is 6.09 Å². The first-order valence-corrected chi connectivity index (χ1v) is 10.7. The monoisotopic (exact) mass is 432 g/mol. The van der Waals surface area contributed by atoms with Crippen LogP contribution in [0, 0.1) is 0 Å². The Morgan fingerprint density at radius 3 is 2.91 bits per heavy atom. The van der Waals surface area contributed by atoms with Crippen LogP contribution >= 0.6 is 0 Å². The van der Waals surface area contributed by atoms with Crippen molar-refractivity contribution in [2.45, 2.75) is 32.3 Å². The Morgan fingerprint density at radius 1 is 1.25 bits per heavy atom. The lowest BCUT2D eigenvalue weighted by Crippen LogP contribution is -2.33. The molecule has 0 spiro atoms. The first-order valence-electron chi connectivity index (χ1n) is 10.7. The molecule has 1 aliphatic carbocycles. The van der Waals surface area contributed by atoms with Gasteiger partial charge in [-0.05, 0) is 49.1 Å². The zero-order chi connectivity index (χ0) is 22.2. The maximum atomic E-state index is 12.4. The number of hydrogen-bond acceptors (Lipinski definition) is 5. The number of H-pyrrole nitrogens is 1. The van der Waals surface area contributed by atoms with Gasteiger partial charge in [-0.3, -0.25) is 14.8 Å². The van der Waals surface area contributed by atoms with Crippen molar-refractivity contribution in [1.82, 2.24) is 15.5 Å². The van der Waals surface area contributed by atoms with Crippen LogP contribution in [0.15, 0.2) is 42.5 Å². The minimum absolute atomic E-state index is 0.150.